The highest BCUT2D eigenvalue weighted by Gasteiger charge is 2.34. The lowest BCUT2D eigenvalue weighted by molar-refractivity contribution is 0.0455. The van der Waals surface area contributed by atoms with Gasteiger partial charge in [-0.15, -0.1) is 0 Å². The van der Waals surface area contributed by atoms with Gasteiger partial charge in [0, 0.05) is 32.2 Å². The van der Waals surface area contributed by atoms with Crippen molar-refractivity contribution < 1.29 is 5.11 Å². The van der Waals surface area contributed by atoms with Crippen LogP contribution < -0.4 is 5.32 Å². The Morgan fingerprint density at radius 3 is 2.55 bits per heavy atom. The van der Waals surface area contributed by atoms with E-state index in [1.165, 1.54) is 18.4 Å². The number of nitrogens with one attached hydrogen (secondary N) is 1. The average Bonchev–Trinajstić information content (AvgIpc) is 2.88. The van der Waals surface area contributed by atoms with Crippen LogP contribution in [0.5, 0.6) is 0 Å². The largest absolute Gasteiger partial charge is 0.387 e. The number of piperidine rings is 1. The van der Waals surface area contributed by atoms with Crippen LogP contribution in [0.2, 0.25) is 0 Å². The molecule has 2 fully saturated rings. The zero-order valence-electron chi connectivity index (χ0n) is 13.7. The predicted molar refractivity (Wildman–Crippen MR) is 89.8 cm³/mol. The van der Waals surface area contributed by atoms with Gasteiger partial charge in [0.15, 0.2) is 0 Å². The van der Waals surface area contributed by atoms with E-state index < -0.39 is 5.60 Å². The van der Waals surface area contributed by atoms with Crippen molar-refractivity contribution >= 4 is 0 Å². The number of likely N-dealkylation sites (tertiary alicyclic amines) is 2. The third-order valence-electron chi connectivity index (χ3n) is 5.08. The number of hydrogen-bond acceptors (Lipinski definition) is 4. The second-order valence-corrected chi connectivity index (χ2v) is 7.13. The summed E-state index contributed by atoms with van der Waals surface area (Å²) >= 11 is 0. The number of β-amino-alcohol motifs (C(OH)–C–C–N with tert-alkyl or cyclic N) is 1. The van der Waals surface area contributed by atoms with Gasteiger partial charge in [0.1, 0.15) is 0 Å². The van der Waals surface area contributed by atoms with Crippen molar-refractivity contribution in [2.24, 2.45) is 0 Å². The van der Waals surface area contributed by atoms with Crippen molar-refractivity contribution in [1.82, 2.24) is 15.1 Å². The normalized spacial score (nSPS) is 28.3. The molecule has 2 aliphatic rings. The first-order chi connectivity index (χ1) is 10.6. The summed E-state index contributed by atoms with van der Waals surface area (Å²) in [5, 5.41) is 14.1. The van der Waals surface area contributed by atoms with E-state index in [2.05, 4.69) is 52.5 Å². The molecule has 0 saturated carbocycles. The summed E-state index contributed by atoms with van der Waals surface area (Å²) in [5.41, 5.74) is 0.882. The van der Waals surface area contributed by atoms with Gasteiger partial charge in [-0.2, -0.15) is 0 Å². The lowest BCUT2D eigenvalue weighted by Gasteiger charge is -2.34. The first kappa shape index (κ1) is 15.9. The second kappa shape index (κ2) is 7.09. The maximum Gasteiger partial charge on any atom is 0.0909 e. The molecule has 2 N–H and O–H groups in total. The van der Waals surface area contributed by atoms with Crippen molar-refractivity contribution in [2.45, 2.75) is 37.5 Å². The van der Waals surface area contributed by atoms with Gasteiger partial charge in [-0.25, -0.2) is 0 Å². The lowest BCUT2D eigenvalue weighted by atomic mass is 10.00. The molecule has 0 aromatic heterocycles. The Morgan fingerprint density at radius 1 is 1.18 bits per heavy atom. The maximum absolute atomic E-state index is 10.5. The molecule has 0 unspecified atom stereocenters. The molecule has 22 heavy (non-hydrogen) atoms. The molecular weight excluding hydrogens is 274 g/mol. The Balaban J connectivity index is 1.39. The van der Waals surface area contributed by atoms with E-state index in [1.54, 1.807) is 0 Å². The van der Waals surface area contributed by atoms with Crippen LogP contribution in [0, 0.1) is 0 Å². The topological polar surface area (TPSA) is 38.7 Å². The zero-order chi connectivity index (χ0) is 15.4. The van der Waals surface area contributed by atoms with Crippen molar-refractivity contribution in [3.63, 3.8) is 0 Å². The molecule has 0 spiro atoms. The molecule has 4 heteroatoms. The molecule has 122 valence electrons. The molecule has 0 bridgehead atoms. The zero-order valence-corrected chi connectivity index (χ0v) is 13.7. The molecule has 4 nitrogen and oxygen atoms in total. The van der Waals surface area contributed by atoms with E-state index in [0.29, 0.717) is 6.04 Å². The van der Waals surface area contributed by atoms with E-state index in [0.717, 1.165) is 45.7 Å². The van der Waals surface area contributed by atoms with Crippen molar-refractivity contribution in [2.75, 3.05) is 39.8 Å². The number of benzene rings is 1. The third kappa shape index (κ3) is 4.29. The summed E-state index contributed by atoms with van der Waals surface area (Å²) in [6.07, 6.45) is 3.25. The number of nitrogens with zero attached hydrogens (tertiary/aromatic N) is 2. The van der Waals surface area contributed by atoms with Gasteiger partial charge in [-0.05, 0) is 45.0 Å². The first-order valence-electron chi connectivity index (χ1n) is 8.54. The maximum atomic E-state index is 10.5. The molecule has 1 atom stereocenters. The van der Waals surface area contributed by atoms with Crippen LogP contribution in [-0.4, -0.2) is 66.3 Å². The third-order valence-corrected chi connectivity index (χ3v) is 5.08. The van der Waals surface area contributed by atoms with Crippen molar-refractivity contribution in [3.05, 3.63) is 35.9 Å². The Labute approximate surface area is 134 Å². The van der Waals surface area contributed by atoms with Crippen LogP contribution in [0.3, 0.4) is 0 Å². The van der Waals surface area contributed by atoms with Gasteiger partial charge in [0.25, 0.3) is 0 Å². The second-order valence-electron chi connectivity index (χ2n) is 7.13. The molecule has 1 aromatic carbocycles. The summed E-state index contributed by atoms with van der Waals surface area (Å²) in [4.78, 5) is 4.75. The summed E-state index contributed by atoms with van der Waals surface area (Å²) in [5.74, 6) is 0. The highest BCUT2D eigenvalue weighted by atomic mass is 16.3. The minimum Gasteiger partial charge on any atom is -0.387 e. The summed E-state index contributed by atoms with van der Waals surface area (Å²) < 4.78 is 0. The minimum atomic E-state index is -0.518. The number of aliphatic hydroxyl groups is 1. The standard InChI is InChI=1S/C18H29N3O/c1-20-12-9-18(22,15-20)14-19-17-7-10-21(11-8-17)13-16-5-3-2-4-6-16/h2-6,17,19,22H,7-15H2,1H3/t18-/m0/s1. The smallest absolute Gasteiger partial charge is 0.0909 e. The van der Waals surface area contributed by atoms with Gasteiger partial charge in [-0.3, -0.25) is 4.90 Å². The summed E-state index contributed by atoms with van der Waals surface area (Å²) in [6, 6.07) is 11.3. The molecule has 1 aromatic rings. The fourth-order valence-corrected chi connectivity index (χ4v) is 3.67. The molecule has 3 rings (SSSR count). The first-order valence-corrected chi connectivity index (χ1v) is 8.54. The van der Waals surface area contributed by atoms with Crippen LogP contribution in [-0.2, 0) is 6.54 Å². The Bertz CT molecular complexity index is 459. The molecule has 2 saturated heterocycles. The number of hydrogen-bond donors (Lipinski definition) is 2. The van der Waals surface area contributed by atoms with Crippen LogP contribution in [0.4, 0.5) is 0 Å². The Kier molecular flexibility index (Phi) is 5.14. The van der Waals surface area contributed by atoms with Crippen LogP contribution in [0.15, 0.2) is 30.3 Å². The van der Waals surface area contributed by atoms with E-state index in [1.807, 2.05) is 0 Å². The van der Waals surface area contributed by atoms with E-state index in [-0.39, 0.29) is 0 Å². The summed E-state index contributed by atoms with van der Waals surface area (Å²) in [7, 11) is 2.08. The molecule has 0 aliphatic carbocycles. The lowest BCUT2D eigenvalue weighted by Crippen LogP contribution is -2.49. The molecular formula is C18H29N3O. The van der Waals surface area contributed by atoms with Gasteiger partial charge in [0.05, 0.1) is 5.60 Å². The van der Waals surface area contributed by atoms with Crippen LogP contribution in [0.1, 0.15) is 24.8 Å². The molecule has 0 radical (unpaired) electrons. The monoisotopic (exact) mass is 303 g/mol. The van der Waals surface area contributed by atoms with Crippen molar-refractivity contribution in [1.29, 1.82) is 0 Å². The average molecular weight is 303 g/mol. The number of rotatable bonds is 5. The Morgan fingerprint density at radius 2 is 1.91 bits per heavy atom. The van der Waals surface area contributed by atoms with E-state index in [4.69, 9.17) is 0 Å². The summed E-state index contributed by atoms with van der Waals surface area (Å²) in [6.45, 7) is 5.89. The molecule has 2 aliphatic heterocycles. The Hall–Kier alpha value is -0.940. The van der Waals surface area contributed by atoms with Gasteiger partial charge < -0.3 is 15.3 Å². The van der Waals surface area contributed by atoms with Crippen molar-refractivity contribution in [3.8, 4) is 0 Å². The van der Waals surface area contributed by atoms with Gasteiger partial charge in [-0.1, -0.05) is 30.3 Å². The highest BCUT2D eigenvalue weighted by Crippen LogP contribution is 2.20. The highest BCUT2D eigenvalue weighted by molar-refractivity contribution is 5.14. The molecule has 2 heterocycles. The number of likely N-dealkylation sites (N-methyl/N-ethyl adjacent to an activating group) is 1. The minimum absolute atomic E-state index is 0.518. The van der Waals surface area contributed by atoms with Crippen LogP contribution >= 0.6 is 0 Å². The van der Waals surface area contributed by atoms with Gasteiger partial charge >= 0.3 is 0 Å². The fraction of sp³-hybridized carbons (Fsp3) is 0.667. The van der Waals surface area contributed by atoms with Gasteiger partial charge in [0.2, 0.25) is 0 Å². The SMILES string of the molecule is CN1CC[C@](O)(CNC2CCN(Cc3ccccc3)CC2)C1. The quantitative estimate of drug-likeness (QED) is 0.860. The van der Waals surface area contributed by atoms with E-state index in [9.17, 15) is 5.11 Å². The van der Waals surface area contributed by atoms with E-state index >= 15 is 0 Å². The predicted octanol–water partition coefficient (Wildman–Crippen LogP) is 1.31. The fourth-order valence-electron chi connectivity index (χ4n) is 3.67. The van der Waals surface area contributed by atoms with Crippen LogP contribution in [0.25, 0.3) is 0 Å². The molecule has 0 amide bonds.